The maximum absolute atomic E-state index is 13.0. The zero-order valence-corrected chi connectivity index (χ0v) is 12.1. The Morgan fingerprint density at radius 1 is 1.35 bits per heavy atom. The van der Waals surface area contributed by atoms with E-state index in [0.717, 1.165) is 25.3 Å². The topological polar surface area (TPSA) is 17.1 Å². The van der Waals surface area contributed by atoms with Crippen molar-refractivity contribution >= 4 is 22.9 Å². The zero-order chi connectivity index (χ0) is 15.3. The lowest BCUT2D eigenvalue weighted by atomic mass is 9.98. The first-order chi connectivity index (χ1) is 9.27. The highest BCUT2D eigenvalue weighted by Gasteiger charge is 2.33. The molecule has 0 atom stereocenters. The summed E-state index contributed by atoms with van der Waals surface area (Å²) < 4.78 is 39.0. The van der Waals surface area contributed by atoms with Crippen molar-refractivity contribution in [2.75, 3.05) is 0 Å². The first kappa shape index (κ1) is 16.8. The number of hydrogen-bond donors (Lipinski definition) is 0. The second-order valence-corrected chi connectivity index (χ2v) is 4.91. The lowest BCUT2D eigenvalue weighted by Crippen LogP contribution is -2.10. The lowest BCUT2D eigenvalue weighted by molar-refractivity contribution is -0.137. The van der Waals surface area contributed by atoms with E-state index in [9.17, 15) is 18.0 Å². The summed E-state index contributed by atoms with van der Waals surface area (Å²) in [6, 6.07) is 2.17. The third-order valence-electron chi connectivity index (χ3n) is 2.94. The quantitative estimate of drug-likeness (QED) is 0.511. The number of unbranched alkanes of at least 4 members (excludes halogenated alkanes) is 2. The number of alkyl halides is 3. The van der Waals surface area contributed by atoms with Crippen LogP contribution < -0.4 is 0 Å². The van der Waals surface area contributed by atoms with Crippen molar-refractivity contribution in [3.8, 4) is 0 Å². The molecule has 0 unspecified atom stereocenters. The highest BCUT2D eigenvalue weighted by Crippen LogP contribution is 2.34. The molecule has 0 saturated heterocycles. The van der Waals surface area contributed by atoms with Gasteiger partial charge in [0.05, 0.1) is 5.56 Å². The highest BCUT2D eigenvalue weighted by atomic mass is 35.5. The Labute approximate surface area is 121 Å². The van der Waals surface area contributed by atoms with Crippen LogP contribution in [0.2, 0.25) is 0 Å². The molecule has 0 aromatic heterocycles. The standard InChI is InChI=1S/C15H16ClF3O/c1-3-4-5-6-7-11-8-10(2)12(14(16)20)9-13(11)15(17,18)19/h6-9H,3-5H2,1-2H3/b7-6+. The van der Waals surface area contributed by atoms with Gasteiger partial charge in [0.2, 0.25) is 0 Å². The molecule has 0 heterocycles. The van der Waals surface area contributed by atoms with Crippen LogP contribution in [0.5, 0.6) is 0 Å². The van der Waals surface area contributed by atoms with E-state index in [1.165, 1.54) is 12.1 Å². The Bertz CT molecular complexity index is 519. The van der Waals surface area contributed by atoms with E-state index in [1.54, 1.807) is 13.0 Å². The molecule has 0 aliphatic rings. The van der Waals surface area contributed by atoms with Crippen molar-refractivity contribution in [1.82, 2.24) is 0 Å². The first-order valence-corrected chi connectivity index (χ1v) is 6.73. The summed E-state index contributed by atoms with van der Waals surface area (Å²) in [6.07, 6.45) is 1.29. The SMILES string of the molecule is CCCC/C=C/c1cc(C)c(C(=O)Cl)cc1C(F)(F)F. The molecule has 5 heteroatoms. The summed E-state index contributed by atoms with van der Waals surface area (Å²) in [5.74, 6) is 0. The van der Waals surface area contributed by atoms with Crippen LogP contribution in [0.1, 0.15) is 53.2 Å². The van der Waals surface area contributed by atoms with Crippen LogP contribution in [0.25, 0.3) is 6.08 Å². The number of aryl methyl sites for hydroxylation is 1. The molecule has 0 radical (unpaired) electrons. The van der Waals surface area contributed by atoms with Gasteiger partial charge in [0, 0.05) is 5.56 Å². The van der Waals surface area contributed by atoms with E-state index in [0.29, 0.717) is 5.56 Å². The monoisotopic (exact) mass is 304 g/mol. The Morgan fingerprint density at radius 3 is 2.50 bits per heavy atom. The van der Waals surface area contributed by atoms with Crippen LogP contribution >= 0.6 is 11.6 Å². The van der Waals surface area contributed by atoms with E-state index in [1.807, 2.05) is 6.92 Å². The molecule has 0 aliphatic heterocycles. The average molecular weight is 305 g/mol. The summed E-state index contributed by atoms with van der Waals surface area (Å²) >= 11 is 5.30. The normalized spacial score (nSPS) is 12.1. The molecular weight excluding hydrogens is 289 g/mol. The molecular formula is C15H16ClF3O. The molecule has 1 aromatic carbocycles. The number of benzene rings is 1. The Morgan fingerprint density at radius 2 is 2.00 bits per heavy atom. The predicted octanol–water partition coefficient (Wildman–Crippen LogP) is 5.60. The number of hydrogen-bond acceptors (Lipinski definition) is 1. The molecule has 20 heavy (non-hydrogen) atoms. The minimum absolute atomic E-state index is 0.0627. The smallest absolute Gasteiger partial charge is 0.276 e. The minimum Gasteiger partial charge on any atom is -0.276 e. The van der Waals surface area contributed by atoms with Crippen molar-refractivity contribution in [2.45, 2.75) is 39.3 Å². The molecule has 0 amide bonds. The number of carbonyl (C=O) groups excluding carboxylic acids is 1. The van der Waals surface area contributed by atoms with Crippen LogP contribution in [0, 0.1) is 6.92 Å². The molecule has 0 saturated carbocycles. The second-order valence-electron chi connectivity index (χ2n) is 4.57. The van der Waals surface area contributed by atoms with Crippen LogP contribution in [0.15, 0.2) is 18.2 Å². The highest BCUT2D eigenvalue weighted by molar-refractivity contribution is 6.67. The molecule has 110 valence electrons. The van der Waals surface area contributed by atoms with Crippen molar-refractivity contribution in [3.05, 3.63) is 40.5 Å². The van der Waals surface area contributed by atoms with Gasteiger partial charge in [0.15, 0.2) is 0 Å². The van der Waals surface area contributed by atoms with Crippen molar-refractivity contribution in [3.63, 3.8) is 0 Å². The molecule has 0 aliphatic carbocycles. The van der Waals surface area contributed by atoms with Crippen LogP contribution in [0.3, 0.4) is 0 Å². The maximum Gasteiger partial charge on any atom is 0.417 e. The molecule has 1 nitrogen and oxygen atoms in total. The molecule has 1 aromatic rings. The molecule has 0 spiro atoms. The zero-order valence-electron chi connectivity index (χ0n) is 11.4. The van der Waals surface area contributed by atoms with E-state index < -0.39 is 17.0 Å². The van der Waals surface area contributed by atoms with Gasteiger partial charge in [0.1, 0.15) is 0 Å². The van der Waals surface area contributed by atoms with E-state index >= 15 is 0 Å². The fourth-order valence-corrected chi connectivity index (χ4v) is 2.06. The number of allylic oxidation sites excluding steroid dienone is 1. The summed E-state index contributed by atoms with van der Waals surface area (Å²) in [5, 5.41) is -0.880. The lowest BCUT2D eigenvalue weighted by Gasteiger charge is -2.13. The third-order valence-corrected chi connectivity index (χ3v) is 3.14. The van der Waals surface area contributed by atoms with Gasteiger partial charge in [-0.05, 0) is 42.1 Å². The van der Waals surface area contributed by atoms with Crippen LogP contribution in [0.4, 0.5) is 13.2 Å². The Hall–Kier alpha value is -1.29. The largest absolute Gasteiger partial charge is 0.417 e. The van der Waals surface area contributed by atoms with Gasteiger partial charge >= 0.3 is 6.18 Å². The minimum atomic E-state index is -4.51. The third kappa shape index (κ3) is 4.37. The molecule has 0 N–H and O–H groups in total. The average Bonchev–Trinajstić information content (AvgIpc) is 2.32. The summed E-state index contributed by atoms with van der Waals surface area (Å²) in [7, 11) is 0. The van der Waals surface area contributed by atoms with Gasteiger partial charge in [-0.3, -0.25) is 4.79 Å². The number of rotatable bonds is 5. The molecule has 0 bridgehead atoms. The van der Waals surface area contributed by atoms with Crippen molar-refractivity contribution < 1.29 is 18.0 Å². The Balaban J connectivity index is 3.25. The first-order valence-electron chi connectivity index (χ1n) is 6.35. The van der Waals surface area contributed by atoms with Gasteiger partial charge < -0.3 is 0 Å². The fourth-order valence-electron chi connectivity index (χ4n) is 1.86. The van der Waals surface area contributed by atoms with Gasteiger partial charge in [-0.15, -0.1) is 0 Å². The molecule has 0 fully saturated rings. The van der Waals surface area contributed by atoms with Gasteiger partial charge in [-0.2, -0.15) is 13.2 Å². The second kappa shape index (κ2) is 6.93. The van der Waals surface area contributed by atoms with Crippen LogP contribution in [-0.2, 0) is 6.18 Å². The van der Waals surface area contributed by atoms with E-state index in [4.69, 9.17) is 11.6 Å². The van der Waals surface area contributed by atoms with Gasteiger partial charge in [0.25, 0.3) is 5.24 Å². The van der Waals surface area contributed by atoms with Crippen molar-refractivity contribution in [1.29, 1.82) is 0 Å². The number of halogens is 4. The van der Waals surface area contributed by atoms with Crippen LogP contribution in [-0.4, -0.2) is 5.24 Å². The van der Waals surface area contributed by atoms with Gasteiger partial charge in [-0.25, -0.2) is 0 Å². The molecule has 1 rings (SSSR count). The fraction of sp³-hybridized carbons (Fsp3) is 0.400. The van der Waals surface area contributed by atoms with E-state index in [2.05, 4.69) is 0 Å². The maximum atomic E-state index is 13.0. The van der Waals surface area contributed by atoms with E-state index in [-0.39, 0.29) is 11.1 Å². The van der Waals surface area contributed by atoms with Crippen molar-refractivity contribution in [2.24, 2.45) is 0 Å². The summed E-state index contributed by atoms with van der Waals surface area (Å²) in [5.41, 5.74) is -0.439. The summed E-state index contributed by atoms with van der Waals surface area (Å²) in [4.78, 5) is 11.1. The predicted molar refractivity (Wildman–Crippen MR) is 74.9 cm³/mol. The number of carbonyl (C=O) groups is 1. The summed E-state index contributed by atoms with van der Waals surface area (Å²) in [6.45, 7) is 3.58. The van der Waals surface area contributed by atoms with Gasteiger partial charge in [-0.1, -0.05) is 38.0 Å². The Kier molecular flexibility index (Phi) is 5.81.